The van der Waals surface area contributed by atoms with Crippen LogP contribution < -0.4 is 5.73 Å². The summed E-state index contributed by atoms with van der Waals surface area (Å²) in [5, 5.41) is 0. The standard InChI is InChI=1S/C4H5N3.H2O3S/c5-4-6-2-1-3-7-4;1-4(2)3/h1-3H,(H2,5,6,7);(H2,1,2,3). The first-order valence-corrected chi connectivity index (χ1v) is 3.51. The first kappa shape index (κ1) is 9.95. The van der Waals surface area contributed by atoms with Gasteiger partial charge >= 0.3 is 0 Å². The minimum absolute atomic E-state index is 0.322. The third-order valence-electron chi connectivity index (χ3n) is 0.586. The van der Waals surface area contributed by atoms with Gasteiger partial charge < -0.3 is 5.73 Å². The normalized spacial score (nSPS) is 8.64. The molecule has 0 unspecified atom stereocenters. The maximum absolute atomic E-state index is 8.67. The Bertz CT molecular complexity index is 213. The fourth-order valence-corrected chi connectivity index (χ4v) is 0.311. The van der Waals surface area contributed by atoms with E-state index in [1.165, 1.54) is 0 Å². The van der Waals surface area contributed by atoms with Crippen LogP contribution in [0.1, 0.15) is 0 Å². The lowest BCUT2D eigenvalue weighted by Gasteiger charge is -1.82. The Kier molecular flexibility index (Phi) is 5.17. The van der Waals surface area contributed by atoms with E-state index in [1.807, 2.05) is 0 Å². The van der Waals surface area contributed by atoms with E-state index in [2.05, 4.69) is 9.97 Å². The molecular weight excluding hydrogens is 170 g/mol. The number of hydrogen-bond acceptors (Lipinski definition) is 4. The molecule has 1 rings (SSSR count). The molecule has 0 saturated carbocycles. The maximum atomic E-state index is 8.67. The Balaban J connectivity index is 0.000000218. The van der Waals surface area contributed by atoms with E-state index in [4.69, 9.17) is 19.0 Å². The number of nitrogens with zero attached hydrogens (tertiary/aromatic N) is 2. The smallest absolute Gasteiger partial charge is 0.299 e. The fourth-order valence-electron chi connectivity index (χ4n) is 0.311. The Morgan fingerprint density at radius 3 is 1.91 bits per heavy atom. The molecule has 1 aromatic heterocycles. The fraction of sp³-hybridized carbons (Fsp3) is 0. The van der Waals surface area contributed by atoms with Crippen molar-refractivity contribution in [3.8, 4) is 0 Å². The van der Waals surface area contributed by atoms with Gasteiger partial charge in [0, 0.05) is 12.4 Å². The number of hydrogen-bond donors (Lipinski definition) is 3. The van der Waals surface area contributed by atoms with Gasteiger partial charge in [-0.25, -0.2) is 9.97 Å². The van der Waals surface area contributed by atoms with Gasteiger partial charge in [-0.3, -0.25) is 9.11 Å². The summed E-state index contributed by atoms with van der Waals surface area (Å²) >= 11 is -2.61. The van der Waals surface area contributed by atoms with Gasteiger partial charge in [0.05, 0.1) is 0 Å². The van der Waals surface area contributed by atoms with Crippen LogP contribution in [0.15, 0.2) is 18.5 Å². The number of aromatic nitrogens is 2. The zero-order valence-corrected chi connectivity index (χ0v) is 6.23. The lowest BCUT2D eigenvalue weighted by molar-refractivity contribution is 0.454. The summed E-state index contributed by atoms with van der Waals surface area (Å²) in [7, 11) is 0. The zero-order chi connectivity index (χ0) is 8.69. The highest BCUT2D eigenvalue weighted by Gasteiger charge is 1.75. The van der Waals surface area contributed by atoms with E-state index < -0.39 is 11.4 Å². The van der Waals surface area contributed by atoms with Crippen molar-refractivity contribution < 1.29 is 13.3 Å². The largest absolute Gasteiger partial charge is 0.368 e. The Morgan fingerprint density at radius 1 is 1.36 bits per heavy atom. The molecule has 0 aliphatic heterocycles. The van der Waals surface area contributed by atoms with Gasteiger partial charge in [-0.1, -0.05) is 0 Å². The second-order valence-corrected chi connectivity index (χ2v) is 1.80. The number of rotatable bonds is 0. The van der Waals surface area contributed by atoms with Crippen molar-refractivity contribution in [3.63, 3.8) is 0 Å². The highest BCUT2D eigenvalue weighted by Crippen LogP contribution is 1.81. The predicted molar refractivity (Wildman–Crippen MR) is 39.8 cm³/mol. The van der Waals surface area contributed by atoms with Crippen molar-refractivity contribution in [2.24, 2.45) is 0 Å². The minimum Gasteiger partial charge on any atom is -0.368 e. The average Bonchev–Trinajstić information content (AvgIpc) is 1.87. The van der Waals surface area contributed by atoms with Crippen LogP contribution in [0.2, 0.25) is 0 Å². The summed E-state index contributed by atoms with van der Waals surface area (Å²) in [6.45, 7) is 0. The second kappa shape index (κ2) is 5.71. The van der Waals surface area contributed by atoms with Gasteiger partial charge in [-0.15, -0.1) is 0 Å². The molecule has 11 heavy (non-hydrogen) atoms. The second-order valence-electron chi connectivity index (χ2n) is 1.34. The molecule has 1 heterocycles. The lowest BCUT2D eigenvalue weighted by Crippen LogP contribution is -1.90. The zero-order valence-electron chi connectivity index (χ0n) is 5.41. The predicted octanol–water partition coefficient (Wildman–Crippen LogP) is -0.260. The van der Waals surface area contributed by atoms with Gasteiger partial charge in [0.2, 0.25) is 5.95 Å². The molecule has 1 aromatic rings. The average molecular weight is 177 g/mol. The Hall–Kier alpha value is -1.05. The summed E-state index contributed by atoms with van der Waals surface area (Å²) in [5.74, 6) is 0.322. The van der Waals surface area contributed by atoms with E-state index in [-0.39, 0.29) is 0 Å². The van der Waals surface area contributed by atoms with Crippen LogP contribution in [-0.4, -0.2) is 23.3 Å². The monoisotopic (exact) mass is 177 g/mol. The highest BCUT2D eigenvalue weighted by atomic mass is 32.2. The molecule has 62 valence electrons. The molecule has 4 N–H and O–H groups in total. The molecule has 0 aromatic carbocycles. The van der Waals surface area contributed by atoms with Crippen molar-refractivity contribution >= 4 is 17.3 Å². The third-order valence-corrected chi connectivity index (χ3v) is 0.586. The summed E-state index contributed by atoms with van der Waals surface area (Å²) in [5.41, 5.74) is 5.14. The van der Waals surface area contributed by atoms with E-state index in [0.29, 0.717) is 5.95 Å². The Labute approximate surface area is 65.6 Å². The minimum atomic E-state index is -2.61. The summed E-state index contributed by atoms with van der Waals surface area (Å²) < 4.78 is 22.8. The lowest BCUT2D eigenvalue weighted by atomic mass is 10.7. The molecule has 6 nitrogen and oxygen atoms in total. The molecule has 0 fully saturated rings. The van der Waals surface area contributed by atoms with Crippen molar-refractivity contribution in [1.29, 1.82) is 0 Å². The van der Waals surface area contributed by atoms with E-state index in [1.54, 1.807) is 18.5 Å². The molecule has 7 heteroatoms. The molecule has 0 aliphatic rings. The molecule has 0 bridgehead atoms. The summed E-state index contributed by atoms with van der Waals surface area (Å²) in [6, 6.07) is 1.72. The van der Waals surface area contributed by atoms with Gasteiger partial charge in [0.15, 0.2) is 0 Å². The number of anilines is 1. The van der Waals surface area contributed by atoms with E-state index >= 15 is 0 Å². The van der Waals surface area contributed by atoms with Crippen molar-refractivity contribution in [1.82, 2.24) is 9.97 Å². The van der Waals surface area contributed by atoms with Crippen LogP contribution in [0.4, 0.5) is 5.95 Å². The molecule has 0 radical (unpaired) electrons. The molecule has 0 saturated heterocycles. The quantitative estimate of drug-likeness (QED) is 0.471. The third kappa shape index (κ3) is 8.95. The van der Waals surface area contributed by atoms with Crippen molar-refractivity contribution in [2.45, 2.75) is 0 Å². The first-order chi connectivity index (χ1) is 5.13. The molecule has 0 amide bonds. The summed E-state index contributed by atoms with van der Waals surface area (Å²) in [4.78, 5) is 7.29. The van der Waals surface area contributed by atoms with E-state index in [0.717, 1.165) is 0 Å². The van der Waals surface area contributed by atoms with Crippen LogP contribution in [0.3, 0.4) is 0 Å². The molecular formula is C4H7N3O3S. The van der Waals surface area contributed by atoms with Crippen molar-refractivity contribution in [2.75, 3.05) is 5.73 Å². The highest BCUT2D eigenvalue weighted by molar-refractivity contribution is 7.73. The van der Waals surface area contributed by atoms with Gasteiger partial charge in [-0.05, 0) is 6.07 Å². The van der Waals surface area contributed by atoms with Gasteiger partial charge in [0.25, 0.3) is 11.4 Å². The summed E-state index contributed by atoms with van der Waals surface area (Å²) in [6.07, 6.45) is 3.20. The van der Waals surface area contributed by atoms with Crippen LogP contribution >= 0.6 is 0 Å². The topological polar surface area (TPSA) is 109 Å². The molecule has 0 aliphatic carbocycles. The number of nitrogen functional groups attached to an aromatic ring is 1. The van der Waals surface area contributed by atoms with Crippen molar-refractivity contribution in [3.05, 3.63) is 18.5 Å². The SMILES string of the molecule is Nc1ncccn1.O=S(O)O. The van der Waals surface area contributed by atoms with Crippen LogP contribution in [0.25, 0.3) is 0 Å². The first-order valence-electron chi connectivity index (χ1n) is 2.45. The van der Waals surface area contributed by atoms with E-state index in [9.17, 15) is 0 Å². The molecule has 0 atom stereocenters. The van der Waals surface area contributed by atoms with Crippen LogP contribution in [0.5, 0.6) is 0 Å². The van der Waals surface area contributed by atoms with Crippen LogP contribution in [-0.2, 0) is 11.4 Å². The van der Waals surface area contributed by atoms with Gasteiger partial charge in [-0.2, -0.15) is 4.21 Å². The van der Waals surface area contributed by atoms with Gasteiger partial charge in [0.1, 0.15) is 0 Å². The number of nitrogens with two attached hydrogens (primary N) is 1. The van der Waals surface area contributed by atoms with Crippen LogP contribution in [0, 0.1) is 0 Å². The Morgan fingerprint density at radius 2 is 1.73 bits per heavy atom. The molecule has 0 spiro atoms. The maximum Gasteiger partial charge on any atom is 0.299 e.